The van der Waals surface area contributed by atoms with E-state index >= 15 is 0 Å². The molecule has 104 valence electrons. The van der Waals surface area contributed by atoms with Gasteiger partial charge >= 0.3 is 5.97 Å². The number of nitrogen functional groups attached to an aromatic ring is 1. The molecule has 0 unspecified atom stereocenters. The van der Waals surface area contributed by atoms with E-state index < -0.39 is 11.9 Å². The molecule has 4 N–H and O–H groups in total. The largest absolute Gasteiger partial charge is 0.478 e. The number of amides is 1. The van der Waals surface area contributed by atoms with E-state index in [1.54, 1.807) is 12.3 Å². The number of nitrogens with two attached hydrogens (primary N) is 1. The fraction of sp³-hybridized carbons (Fsp3) is 0.0769. The van der Waals surface area contributed by atoms with Gasteiger partial charge in [-0.05, 0) is 36.1 Å². The number of hydrogen-bond acceptors (Lipinski definition) is 4. The SMILES string of the molecule is Cc1csc(C(=O)Nc2ccc(N)cc2C(=O)O)c1Cl. The molecule has 1 amide bonds. The first-order valence-electron chi connectivity index (χ1n) is 5.58. The first-order chi connectivity index (χ1) is 9.40. The lowest BCUT2D eigenvalue weighted by Gasteiger charge is -2.08. The van der Waals surface area contributed by atoms with Crippen LogP contribution in [0.15, 0.2) is 23.6 Å². The van der Waals surface area contributed by atoms with Crippen molar-refractivity contribution < 1.29 is 14.7 Å². The number of thiophene rings is 1. The average molecular weight is 311 g/mol. The van der Waals surface area contributed by atoms with E-state index in [2.05, 4.69) is 5.32 Å². The molecule has 1 heterocycles. The molecule has 1 aromatic heterocycles. The number of carboxylic acid groups (broad SMARTS) is 1. The van der Waals surface area contributed by atoms with Gasteiger partial charge in [0, 0.05) is 5.69 Å². The lowest BCUT2D eigenvalue weighted by Crippen LogP contribution is -2.14. The van der Waals surface area contributed by atoms with Gasteiger partial charge in [0.05, 0.1) is 16.3 Å². The van der Waals surface area contributed by atoms with Gasteiger partial charge in [0.2, 0.25) is 0 Å². The van der Waals surface area contributed by atoms with E-state index in [9.17, 15) is 9.59 Å². The zero-order chi connectivity index (χ0) is 14.9. The maximum absolute atomic E-state index is 12.1. The van der Waals surface area contributed by atoms with E-state index in [4.69, 9.17) is 22.4 Å². The molecule has 0 bridgehead atoms. The first kappa shape index (κ1) is 14.4. The molecule has 0 spiro atoms. The molecule has 0 aliphatic carbocycles. The van der Waals surface area contributed by atoms with Crippen LogP contribution < -0.4 is 11.1 Å². The van der Waals surface area contributed by atoms with Crippen LogP contribution in [-0.2, 0) is 0 Å². The molecule has 0 aliphatic heterocycles. The molecule has 20 heavy (non-hydrogen) atoms. The minimum absolute atomic E-state index is 0.0669. The van der Waals surface area contributed by atoms with E-state index in [0.717, 1.165) is 5.56 Å². The van der Waals surface area contributed by atoms with E-state index in [1.165, 1.54) is 29.5 Å². The number of halogens is 1. The second-order valence-corrected chi connectivity index (χ2v) is 5.38. The second kappa shape index (κ2) is 5.52. The maximum Gasteiger partial charge on any atom is 0.337 e. The number of benzene rings is 1. The van der Waals surface area contributed by atoms with Gasteiger partial charge in [-0.15, -0.1) is 11.3 Å². The Morgan fingerprint density at radius 1 is 1.40 bits per heavy atom. The van der Waals surface area contributed by atoms with Crippen LogP contribution in [0, 0.1) is 6.92 Å². The summed E-state index contributed by atoms with van der Waals surface area (Å²) in [5, 5.41) is 13.8. The van der Waals surface area contributed by atoms with Crippen LogP contribution in [0.1, 0.15) is 25.6 Å². The van der Waals surface area contributed by atoms with Crippen molar-refractivity contribution in [3.63, 3.8) is 0 Å². The summed E-state index contributed by atoms with van der Waals surface area (Å²) in [4.78, 5) is 23.6. The minimum atomic E-state index is -1.17. The number of carbonyl (C=O) groups excluding carboxylic acids is 1. The van der Waals surface area contributed by atoms with E-state index in [0.29, 0.717) is 15.6 Å². The van der Waals surface area contributed by atoms with Gasteiger partial charge in [-0.25, -0.2) is 4.79 Å². The van der Waals surface area contributed by atoms with Crippen LogP contribution in [-0.4, -0.2) is 17.0 Å². The lowest BCUT2D eigenvalue weighted by atomic mass is 10.1. The van der Waals surface area contributed by atoms with Crippen LogP contribution in [0.3, 0.4) is 0 Å². The summed E-state index contributed by atoms with van der Waals surface area (Å²) in [6.07, 6.45) is 0. The van der Waals surface area contributed by atoms with Gasteiger partial charge in [0.15, 0.2) is 0 Å². The Morgan fingerprint density at radius 2 is 2.10 bits per heavy atom. The van der Waals surface area contributed by atoms with Crippen molar-refractivity contribution in [2.75, 3.05) is 11.1 Å². The topological polar surface area (TPSA) is 92.4 Å². The summed E-state index contributed by atoms with van der Waals surface area (Å²) in [6, 6.07) is 4.26. The van der Waals surface area contributed by atoms with Gasteiger partial charge < -0.3 is 16.2 Å². The number of aryl methyl sites for hydroxylation is 1. The van der Waals surface area contributed by atoms with E-state index in [1.807, 2.05) is 0 Å². The number of carboxylic acids is 1. The summed E-state index contributed by atoms with van der Waals surface area (Å²) < 4.78 is 0. The highest BCUT2D eigenvalue weighted by atomic mass is 35.5. The third kappa shape index (κ3) is 2.76. The molecule has 7 heteroatoms. The van der Waals surface area contributed by atoms with Crippen LogP contribution in [0.5, 0.6) is 0 Å². The highest BCUT2D eigenvalue weighted by molar-refractivity contribution is 7.13. The molecular formula is C13H11ClN2O3S. The predicted octanol–water partition coefficient (Wildman–Crippen LogP) is 3.24. The van der Waals surface area contributed by atoms with Gasteiger partial charge in [-0.1, -0.05) is 11.6 Å². The van der Waals surface area contributed by atoms with Crippen molar-refractivity contribution >= 4 is 46.2 Å². The molecular weight excluding hydrogens is 300 g/mol. The molecule has 0 fully saturated rings. The Bertz CT molecular complexity index is 697. The molecule has 0 atom stereocenters. The lowest BCUT2D eigenvalue weighted by molar-refractivity contribution is 0.0698. The fourth-order valence-electron chi connectivity index (χ4n) is 1.61. The van der Waals surface area contributed by atoms with Crippen molar-refractivity contribution in [3.05, 3.63) is 44.6 Å². The Kier molecular flexibility index (Phi) is 3.96. The van der Waals surface area contributed by atoms with Crippen molar-refractivity contribution in [1.29, 1.82) is 0 Å². The van der Waals surface area contributed by atoms with Crippen LogP contribution in [0.2, 0.25) is 5.02 Å². The minimum Gasteiger partial charge on any atom is -0.478 e. The predicted molar refractivity (Wildman–Crippen MR) is 79.8 cm³/mol. The normalized spacial score (nSPS) is 10.3. The first-order valence-corrected chi connectivity index (χ1v) is 6.83. The molecule has 0 saturated carbocycles. The van der Waals surface area contributed by atoms with Gasteiger partial charge in [-0.2, -0.15) is 0 Å². The maximum atomic E-state index is 12.1. The number of nitrogens with one attached hydrogen (secondary N) is 1. The monoisotopic (exact) mass is 310 g/mol. The highest BCUT2D eigenvalue weighted by Gasteiger charge is 2.18. The third-order valence-electron chi connectivity index (χ3n) is 2.63. The zero-order valence-corrected chi connectivity index (χ0v) is 12.0. The molecule has 5 nitrogen and oxygen atoms in total. The fourth-order valence-corrected chi connectivity index (χ4v) is 2.78. The quantitative estimate of drug-likeness (QED) is 0.759. The molecule has 0 saturated heterocycles. The summed E-state index contributed by atoms with van der Waals surface area (Å²) in [5.41, 5.74) is 6.77. The Morgan fingerprint density at radius 3 is 2.65 bits per heavy atom. The number of carbonyl (C=O) groups is 2. The Balaban J connectivity index is 2.33. The molecule has 1 aromatic carbocycles. The number of hydrogen-bond donors (Lipinski definition) is 3. The van der Waals surface area contributed by atoms with Crippen LogP contribution >= 0.6 is 22.9 Å². The molecule has 0 radical (unpaired) electrons. The molecule has 2 aromatic rings. The van der Waals surface area contributed by atoms with Crippen molar-refractivity contribution in [3.8, 4) is 0 Å². The third-order valence-corrected chi connectivity index (χ3v) is 4.32. The molecule has 0 aliphatic rings. The zero-order valence-electron chi connectivity index (χ0n) is 10.4. The summed E-state index contributed by atoms with van der Waals surface area (Å²) >= 11 is 7.22. The van der Waals surface area contributed by atoms with Crippen molar-refractivity contribution in [2.45, 2.75) is 6.92 Å². The number of aromatic carboxylic acids is 1. The Labute approximate surface area is 124 Å². The van der Waals surface area contributed by atoms with Crippen molar-refractivity contribution in [2.24, 2.45) is 0 Å². The summed E-state index contributed by atoms with van der Waals surface area (Å²) in [6.45, 7) is 1.79. The van der Waals surface area contributed by atoms with E-state index in [-0.39, 0.29) is 11.3 Å². The summed E-state index contributed by atoms with van der Waals surface area (Å²) in [7, 11) is 0. The van der Waals surface area contributed by atoms with Gasteiger partial charge in [0.1, 0.15) is 4.88 Å². The standard InChI is InChI=1S/C13H11ClN2O3S/c1-6-5-20-11(10(6)14)12(17)16-9-3-2-7(15)4-8(9)13(18)19/h2-5H,15H2,1H3,(H,16,17)(H,18,19). The van der Waals surface area contributed by atoms with Gasteiger partial charge in [-0.3, -0.25) is 4.79 Å². The Hall–Kier alpha value is -2.05. The van der Waals surface area contributed by atoms with Crippen LogP contribution in [0.4, 0.5) is 11.4 Å². The second-order valence-electron chi connectivity index (χ2n) is 4.13. The van der Waals surface area contributed by atoms with Crippen molar-refractivity contribution in [1.82, 2.24) is 0 Å². The van der Waals surface area contributed by atoms with Crippen LogP contribution in [0.25, 0.3) is 0 Å². The number of anilines is 2. The average Bonchev–Trinajstić information content (AvgIpc) is 2.72. The highest BCUT2D eigenvalue weighted by Crippen LogP contribution is 2.28. The summed E-state index contributed by atoms with van der Waals surface area (Å²) in [5.74, 6) is -1.61. The van der Waals surface area contributed by atoms with Gasteiger partial charge in [0.25, 0.3) is 5.91 Å². The number of rotatable bonds is 3. The smallest absolute Gasteiger partial charge is 0.337 e. The molecule has 2 rings (SSSR count).